The monoisotopic (exact) mass is 554 g/mol. The van der Waals surface area contributed by atoms with E-state index in [2.05, 4.69) is 13.1 Å². The Morgan fingerprint density at radius 3 is 1.97 bits per heavy atom. The van der Waals surface area contributed by atoms with Crippen LogP contribution in [0, 0.1) is 0 Å². The van der Waals surface area contributed by atoms with Crippen LogP contribution in [0.4, 0.5) is 0 Å². The number of thioether (sulfide) groups is 1. The summed E-state index contributed by atoms with van der Waals surface area (Å²) in [5, 5.41) is 1.02. The van der Waals surface area contributed by atoms with Crippen LogP contribution >= 0.6 is 11.8 Å². The third-order valence-electron chi connectivity index (χ3n) is 4.92. The summed E-state index contributed by atoms with van der Waals surface area (Å²) in [5.41, 5.74) is 0. The van der Waals surface area contributed by atoms with Gasteiger partial charge in [-0.2, -0.15) is 11.8 Å². The molecule has 14 heteroatoms. The van der Waals surface area contributed by atoms with Gasteiger partial charge in [-0.15, -0.1) is 0 Å². The molecule has 2 unspecified atom stereocenters. The van der Waals surface area contributed by atoms with E-state index < -0.39 is 62.9 Å². The van der Waals surface area contributed by atoms with Crippen molar-refractivity contribution in [3.63, 3.8) is 0 Å². The van der Waals surface area contributed by atoms with E-state index in [4.69, 9.17) is 32.5 Å². The Labute approximate surface area is 214 Å². The molecule has 1 fully saturated rings. The zero-order valence-electron chi connectivity index (χ0n) is 21.5. The average molecular weight is 555 g/mol. The third-order valence-corrected chi connectivity index (χ3v) is 13.5. The molecule has 1 aliphatic heterocycles. The molecule has 1 aliphatic rings. The zero-order valence-corrected chi connectivity index (χ0v) is 25.3. The van der Waals surface area contributed by atoms with E-state index in [1.54, 1.807) is 0 Å². The van der Waals surface area contributed by atoms with E-state index in [0.29, 0.717) is 6.42 Å². The van der Waals surface area contributed by atoms with Crippen molar-refractivity contribution in [3.8, 4) is 0 Å². The second-order valence-corrected chi connectivity index (χ2v) is 15.8. The highest BCUT2D eigenvalue weighted by atomic mass is 32.2. The lowest BCUT2D eigenvalue weighted by Gasteiger charge is -2.44. The van der Waals surface area contributed by atoms with Crippen LogP contribution in [0.5, 0.6) is 0 Å². The SMILES string of the molecule is CC(=O)OCC1O[C@@H](OCCCCSC[Si](C)(C)O[SiH3])C(OC(C)=O)[C@H](OC(C)=O)[C@@H]1OC(C)=O. The second-order valence-electron chi connectivity index (χ2n) is 8.66. The van der Waals surface area contributed by atoms with Gasteiger partial charge in [-0.25, -0.2) is 0 Å². The fourth-order valence-electron chi connectivity index (χ4n) is 3.21. The average Bonchev–Trinajstić information content (AvgIpc) is 2.74. The molecule has 0 saturated carbocycles. The van der Waals surface area contributed by atoms with Gasteiger partial charge in [-0.05, 0) is 31.7 Å². The molecule has 35 heavy (non-hydrogen) atoms. The summed E-state index contributed by atoms with van der Waals surface area (Å²) in [7, 11) is -0.797. The number of hydrogen-bond donors (Lipinski definition) is 0. The minimum Gasteiger partial charge on any atom is -0.463 e. The third kappa shape index (κ3) is 12.4. The number of rotatable bonds is 14. The predicted octanol–water partition coefficient (Wildman–Crippen LogP) is 0.641. The van der Waals surface area contributed by atoms with Gasteiger partial charge in [0.2, 0.25) is 0 Å². The Bertz CT molecular complexity index is 721. The van der Waals surface area contributed by atoms with Crippen molar-refractivity contribution in [2.45, 2.75) is 84.3 Å². The van der Waals surface area contributed by atoms with E-state index >= 15 is 0 Å². The van der Waals surface area contributed by atoms with Gasteiger partial charge in [0.25, 0.3) is 0 Å². The molecule has 202 valence electrons. The first-order valence-corrected chi connectivity index (χ1v) is 16.5. The quantitative estimate of drug-likeness (QED) is 0.129. The lowest BCUT2D eigenvalue weighted by Crippen LogP contribution is -2.63. The highest BCUT2D eigenvalue weighted by Gasteiger charge is 2.52. The standard InChI is InChI=1S/C21H38O11SSi2/c1-13(22)27-11-17-18(28-14(2)23)19(29-15(3)24)20(30-16(4)25)21(31-17)26-9-7-8-10-33-12-35(5,6)32-34/h17-21H,7-12H2,1-6,34H3/t17?,18-,19-,20?,21-/m1/s1. The number of carbonyl (C=O) groups excluding carboxylic acids is 4. The zero-order chi connectivity index (χ0) is 26.6. The van der Waals surface area contributed by atoms with Crippen molar-refractivity contribution in [2.75, 3.05) is 24.3 Å². The first kappa shape index (κ1) is 31.6. The Hall–Kier alpha value is -1.46. The van der Waals surface area contributed by atoms with Crippen molar-refractivity contribution >= 4 is 54.4 Å². The van der Waals surface area contributed by atoms with E-state index in [9.17, 15) is 19.2 Å². The maximum absolute atomic E-state index is 11.8. The van der Waals surface area contributed by atoms with Gasteiger partial charge in [0.1, 0.15) is 23.2 Å². The highest BCUT2D eigenvalue weighted by molar-refractivity contribution is 8.00. The van der Waals surface area contributed by atoms with E-state index in [-0.39, 0.29) is 13.2 Å². The van der Waals surface area contributed by atoms with Crippen LogP contribution in [0.25, 0.3) is 0 Å². The molecule has 1 saturated heterocycles. The topological polar surface area (TPSA) is 133 Å². The molecule has 0 amide bonds. The van der Waals surface area contributed by atoms with Gasteiger partial charge in [0.15, 0.2) is 32.9 Å². The van der Waals surface area contributed by atoms with Crippen LogP contribution in [-0.4, -0.2) is 97.7 Å². The number of ether oxygens (including phenoxy) is 6. The number of esters is 4. The van der Waals surface area contributed by atoms with Gasteiger partial charge in [-0.3, -0.25) is 19.2 Å². The molecule has 0 aromatic carbocycles. The van der Waals surface area contributed by atoms with Crippen LogP contribution in [-0.2, 0) is 51.7 Å². The first-order valence-electron chi connectivity index (χ1n) is 11.4. The van der Waals surface area contributed by atoms with Crippen LogP contribution in [0.15, 0.2) is 0 Å². The predicted molar refractivity (Wildman–Crippen MR) is 133 cm³/mol. The normalized spacial score (nSPS) is 24.5. The molecule has 0 spiro atoms. The summed E-state index contributed by atoms with van der Waals surface area (Å²) in [6.07, 6.45) is -4.14. The molecule has 1 heterocycles. The molecule has 5 atom stereocenters. The lowest BCUT2D eigenvalue weighted by atomic mass is 9.98. The van der Waals surface area contributed by atoms with Crippen LogP contribution in [0.2, 0.25) is 13.1 Å². The maximum atomic E-state index is 11.8. The molecule has 1 rings (SSSR count). The van der Waals surface area contributed by atoms with E-state index in [1.807, 2.05) is 11.8 Å². The summed E-state index contributed by atoms with van der Waals surface area (Å²) >= 11 is 1.85. The molecule has 0 bridgehead atoms. The van der Waals surface area contributed by atoms with Gasteiger partial charge < -0.3 is 32.5 Å². The molecular weight excluding hydrogens is 516 g/mol. The lowest BCUT2D eigenvalue weighted by molar-refractivity contribution is -0.308. The number of unbranched alkanes of at least 4 members (excludes halogenated alkanes) is 1. The van der Waals surface area contributed by atoms with Crippen LogP contribution < -0.4 is 0 Å². The first-order chi connectivity index (χ1) is 16.4. The van der Waals surface area contributed by atoms with Gasteiger partial charge in [0, 0.05) is 39.7 Å². The molecule has 0 aliphatic carbocycles. The minimum absolute atomic E-state index is 0.281. The molecule has 0 aromatic heterocycles. The van der Waals surface area contributed by atoms with E-state index in [1.165, 1.54) is 27.7 Å². The summed E-state index contributed by atoms with van der Waals surface area (Å²) < 4.78 is 38.6. The molecule has 11 nitrogen and oxygen atoms in total. The minimum atomic E-state index is -1.55. The number of hydrogen-bond acceptors (Lipinski definition) is 12. The fourth-order valence-corrected chi connectivity index (χ4v) is 7.69. The van der Waals surface area contributed by atoms with Gasteiger partial charge >= 0.3 is 23.9 Å². The summed E-state index contributed by atoms with van der Waals surface area (Å²) in [5.74, 6) is -1.64. The fraction of sp³-hybridized carbons (Fsp3) is 0.810. The number of carbonyl (C=O) groups is 4. The summed E-state index contributed by atoms with van der Waals surface area (Å²) in [6.45, 7) is 9.16. The van der Waals surface area contributed by atoms with Crippen molar-refractivity contribution < 1.29 is 51.7 Å². The van der Waals surface area contributed by atoms with Crippen LogP contribution in [0.3, 0.4) is 0 Å². The summed E-state index contributed by atoms with van der Waals surface area (Å²) in [6, 6.07) is 0. The second kappa shape index (κ2) is 15.6. The van der Waals surface area contributed by atoms with Crippen molar-refractivity contribution in [2.24, 2.45) is 0 Å². The van der Waals surface area contributed by atoms with Crippen molar-refractivity contribution in [3.05, 3.63) is 0 Å². The van der Waals surface area contributed by atoms with E-state index in [0.717, 1.165) is 28.0 Å². The Morgan fingerprint density at radius 2 is 1.43 bits per heavy atom. The Kier molecular flexibility index (Phi) is 14.1. The smallest absolute Gasteiger partial charge is 0.303 e. The Morgan fingerprint density at radius 1 is 0.857 bits per heavy atom. The van der Waals surface area contributed by atoms with Gasteiger partial charge in [0.05, 0.1) is 0 Å². The molecule has 0 N–H and O–H groups in total. The maximum Gasteiger partial charge on any atom is 0.303 e. The highest BCUT2D eigenvalue weighted by Crippen LogP contribution is 2.30. The summed E-state index contributed by atoms with van der Waals surface area (Å²) in [4.78, 5) is 46.8. The van der Waals surface area contributed by atoms with Crippen molar-refractivity contribution in [1.82, 2.24) is 0 Å². The Balaban J connectivity index is 2.91. The van der Waals surface area contributed by atoms with Crippen molar-refractivity contribution in [1.29, 1.82) is 0 Å². The molecule has 0 aromatic rings. The van der Waals surface area contributed by atoms with Crippen LogP contribution in [0.1, 0.15) is 40.5 Å². The molecule has 0 radical (unpaired) electrons. The van der Waals surface area contributed by atoms with Gasteiger partial charge in [-0.1, -0.05) is 0 Å². The molecular formula is C21H38O11SSi2. The largest absolute Gasteiger partial charge is 0.463 e.